The van der Waals surface area contributed by atoms with Crippen molar-refractivity contribution in [2.45, 2.75) is 6.92 Å². The fourth-order valence-corrected chi connectivity index (χ4v) is 2.20. The number of amides is 1. The molecule has 5 heteroatoms. The van der Waals surface area contributed by atoms with Gasteiger partial charge in [0, 0.05) is 6.54 Å². The molecule has 1 rings (SSSR count). The molecule has 0 heterocycles. The van der Waals surface area contributed by atoms with Crippen LogP contribution in [0, 0.1) is 17.2 Å². The normalized spacial score (nSPS) is 11.4. The van der Waals surface area contributed by atoms with E-state index in [9.17, 15) is 4.79 Å². The van der Waals surface area contributed by atoms with Crippen LogP contribution in [0.25, 0.3) is 0 Å². The van der Waals surface area contributed by atoms with Gasteiger partial charge < -0.3 is 10.1 Å². The van der Waals surface area contributed by atoms with Gasteiger partial charge >= 0.3 is 0 Å². The van der Waals surface area contributed by atoms with Crippen molar-refractivity contribution in [2.24, 2.45) is 5.92 Å². The molecular weight excluding hydrogens is 260 g/mol. The van der Waals surface area contributed by atoms with Crippen LogP contribution in [0.15, 0.2) is 24.3 Å². The summed E-state index contributed by atoms with van der Waals surface area (Å²) in [5.74, 6) is 1.72. The number of hydrogen-bond donors (Lipinski definition) is 1. The van der Waals surface area contributed by atoms with E-state index in [2.05, 4.69) is 12.2 Å². The van der Waals surface area contributed by atoms with Crippen molar-refractivity contribution >= 4 is 17.7 Å². The van der Waals surface area contributed by atoms with Crippen LogP contribution in [0.4, 0.5) is 0 Å². The summed E-state index contributed by atoms with van der Waals surface area (Å²) in [5, 5.41) is 11.7. The molecular formula is C14H18N2O2S. The summed E-state index contributed by atoms with van der Waals surface area (Å²) in [6.45, 7) is 2.66. The van der Waals surface area contributed by atoms with Crippen LogP contribution in [-0.4, -0.2) is 31.1 Å². The number of hydrogen-bond acceptors (Lipinski definition) is 4. The molecule has 1 aromatic rings. The number of nitrogens with one attached hydrogen (secondary N) is 1. The number of benzene rings is 1. The van der Waals surface area contributed by atoms with Gasteiger partial charge in [0.05, 0.1) is 5.56 Å². The van der Waals surface area contributed by atoms with Gasteiger partial charge in [0.25, 0.3) is 5.91 Å². The Kier molecular flexibility index (Phi) is 6.83. The summed E-state index contributed by atoms with van der Waals surface area (Å²) in [4.78, 5) is 11.6. The van der Waals surface area contributed by atoms with Gasteiger partial charge in [0.1, 0.15) is 11.8 Å². The number of nitriles is 1. The van der Waals surface area contributed by atoms with Crippen LogP contribution in [0.5, 0.6) is 5.75 Å². The summed E-state index contributed by atoms with van der Waals surface area (Å²) in [6, 6.07) is 8.90. The topological polar surface area (TPSA) is 62.1 Å². The molecule has 1 unspecified atom stereocenters. The average Bonchev–Trinajstić information content (AvgIpc) is 2.43. The van der Waals surface area contributed by atoms with E-state index >= 15 is 0 Å². The van der Waals surface area contributed by atoms with E-state index in [0.29, 0.717) is 23.8 Å². The number of carbonyl (C=O) groups is 1. The summed E-state index contributed by atoms with van der Waals surface area (Å²) < 4.78 is 5.34. The number of carbonyl (C=O) groups excluding carboxylic acids is 1. The molecule has 1 amide bonds. The van der Waals surface area contributed by atoms with Gasteiger partial charge in [-0.3, -0.25) is 4.79 Å². The van der Waals surface area contributed by atoms with Crippen LogP contribution in [0.1, 0.15) is 12.5 Å². The zero-order chi connectivity index (χ0) is 14.1. The Bertz CT molecular complexity index is 457. The lowest BCUT2D eigenvalue weighted by atomic mass is 10.2. The van der Waals surface area contributed by atoms with Gasteiger partial charge in [-0.1, -0.05) is 19.1 Å². The Morgan fingerprint density at radius 1 is 1.53 bits per heavy atom. The van der Waals surface area contributed by atoms with E-state index in [-0.39, 0.29) is 12.5 Å². The molecule has 0 aliphatic heterocycles. The van der Waals surface area contributed by atoms with E-state index in [1.54, 1.807) is 36.0 Å². The van der Waals surface area contributed by atoms with Crippen molar-refractivity contribution in [3.8, 4) is 11.8 Å². The third-order valence-electron chi connectivity index (χ3n) is 2.47. The van der Waals surface area contributed by atoms with Crippen molar-refractivity contribution in [3.63, 3.8) is 0 Å². The average molecular weight is 278 g/mol. The van der Waals surface area contributed by atoms with Crippen molar-refractivity contribution in [2.75, 3.05) is 25.2 Å². The second-order valence-corrected chi connectivity index (χ2v) is 5.17. The molecule has 0 bridgehead atoms. The molecule has 1 N–H and O–H groups in total. The smallest absolute Gasteiger partial charge is 0.257 e. The second-order valence-electron chi connectivity index (χ2n) is 4.26. The Hall–Kier alpha value is -1.67. The van der Waals surface area contributed by atoms with Crippen LogP contribution in [-0.2, 0) is 4.79 Å². The third kappa shape index (κ3) is 5.66. The summed E-state index contributed by atoms with van der Waals surface area (Å²) in [6.07, 6.45) is 2.04. The highest BCUT2D eigenvalue weighted by Gasteiger charge is 2.07. The lowest BCUT2D eigenvalue weighted by Crippen LogP contribution is -2.33. The first-order valence-electron chi connectivity index (χ1n) is 6.05. The van der Waals surface area contributed by atoms with Gasteiger partial charge in [-0.2, -0.15) is 17.0 Å². The summed E-state index contributed by atoms with van der Waals surface area (Å²) in [5.41, 5.74) is 0.436. The predicted octanol–water partition coefficient (Wildman–Crippen LogP) is 2.05. The van der Waals surface area contributed by atoms with Crippen LogP contribution < -0.4 is 10.1 Å². The highest BCUT2D eigenvalue weighted by molar-refractivity contribution is 7.98. The fourth-order valence-electron chi connectivity index (χ4n) is 1.51. The molecule has 4 nitrogen and oxygen atoms in total. The monoisotopic (exact) mass is 278 g/mol. The first-order valence-corrected chi connectivity index (χ1v) is 7.44. The Labute approximate surface area is 118 Å². The third-order valence-corrected chi connectivity index (χ3v) is 3.37. The SMILES string of the molecule is CSCC(C)CNC(=O)COc1ccccc1C#N. The van der Waals surface area contributed by atoms with Crippen LogP contribution in [0.2, 0.25) is 0 Å². The van der Waals surface area contributed by atoms with Crippen molar-refractivity contribution in [1.29, 1.82) is 5.26 Å². The van der Waals surface area contributed by atoms with Crippen molar-refractivity contribution in [3.05, 3.63) is 29.8 Å². The largest absolute Gasteiger partial charge is 0.482 e. The highest BCUT2D eigenvalue weighted by atomic mass is 32.2. The summed E-state index contributed by atoms with van der Waals surface area (Å²) >= 11 is 1.76. The van der Waals surface area contributed by atoms with Crippen molar-refractivity contribution < 1.29 is 9.53 Å². The lowest BCUT2D eigenvalue weighted by molar-refractivity contribution is -0.123. The molecule has 0 aromatic heterocycles. The quantitative estimate of drug-likeness (QED) is 0.829. The van der Waals surface area contributed by atoms with Gasteiger partial charge in [-0.25, -0.2) is 0 Å². The number of rotatable bonds is 7. The molecule has 0 spiro atoms. The van der Waals surface area contributed by atoms with E-state index in [0.717, 1.165) is 5.75 Å². The highest BCUT2D eigenvalue weighted by Crippen LogP contribution is 2.16. The molecule has 0 aliphatic carbocycles. The molecule has 0 aliphatic rings. The maximum absolute atomic E-state index is 11.6. The first-order chi connectivity index (χ1) is 9.17. The van der Waals surface area contributed by atoms with Gasteiger partial charge in [0.2, 0.25) is 0 Å². The van der Waals surface area contributed by atoms with Crippen LogP contribution in [0.3, 0.4) is 0 Å². The minimum absolute atomic E-state index is 0.0648. The molecule has 0 saturated carbocycles. The van der Waals surface area contributed by atoms with E-state index in [1.165, 1.54) is 0 Å². The second kappa shape index (κ2) is 8.44. The molecule has 0 saturated heterocycles. The van der Waals surface area contributed by atoms with E-state index in [1.807, 2.05) is 12.3 Å². The molecule has 0 fully saturated rings. The molecule has 1 aromatic carbocycles. The van der Waals surface area contributed by atoms with Gasteiger partial charge in [-0.05, 0) is 30.1 Å². The van der Waals surface area contributed by atoms with E-state index in [4.69, 9.17) is 10.00 Å². The molecule has 1 atom stereocenters. The Morgan fingerprint density at radius 3 is 2.95 bits per heavy atom. The number of para-hydroxylation sites is 1. The number of nitrogens with zero attached hydrogens (tertiary/aromatic N) is 1. The maximum atomic E-state index is 11.6. The first kappa shape index (κ1) is 15.4. The lowest BCUT2D eigenvalue weighted by Gasteiger charge is -2.12. The number of thioether (sulfide) groups is 1. The van der Waals surface area contributed by atoms with Gasteiger partial charge in [-0.15, -0.1) is 0 Å². The zero-order valence-electron chi connectivity index (χ0n) is 11.2. The fraction of sp³-hybridized carbons (Fsp3) is 0.429. The Morgan fingerprint density at radius 2 is 2.26 bits per heavy atom. The molecule has 102 valence electrons. The van der Waals surface area contributed by atoms with E-state index < -0.39 is 0 Å². The van der Waals surface area contributed by atoms with Gasteiger partial charge in [0.15, 0.2) is 6.61 Å². The standard InChI is InChI=1S/C14H18N2O2S/c1-11(10-19-2)8-16-14(17)9-18-13-6-4-3-5-12(13)7-15/h3-6,11H,8-10H2,1-2H3,(H,16,17). The van der Waals surface area contributed by atoms with Crippen LogP contribution >= 0.6 is 11.8 Å². The van der Waals surface area contributed by atoms with Crippen molar-refractivity contribution in [1.82, 2.24) is 5.32 Å². The predicted molar refractivity (Wildman–Crippen MR) is 77.2 cm³/mol. The zero-order valence-corrected chi connectivity index (χ0v) is 12.0. The Balaban J connectivity index is 2.36. The molecule has 0 radical (unpaired) electrons. The summed E-state index contributed by atoms with van der Waals surface area (Å²) in [7, 11) is 0. The minimum atomic E-state index is -0.166. The number of ether oxygens (including phenoxy) is 1. The maximum Gasteiger partial charge on any atom is 0.257 e. The molecule has 19 heavy (non-hydrogen) atoms. The minimum Gasteiger partial charge on any atom is -0.482 e.